The average Bonchev–Trinajstić information content (AvgIpc) is 2.41. The molecule has 0 aliphatic rings. The van der Waals surface area contributed by atoms with Crippen molar-refractivity contribution in [2.75, 3.05) is 27.4 Å². The number of benzene rings is 1. The number of hydrogen-bond donors (Lipinski definition) is 0. The zero-order valence-electron chi connectivity index (χ0n) is 11.7. The van der Waals surface area contributed by atoms with E-state index < -0.39 is 0 Å². The van der Waals surface area contributed by atoms with Crippen LogP contribution in [0.3, 0.4) is 0 Å². The summed E-state index contributed by atoms with van der Waals surface area (Å²) >= 11 is 0. The third-order valence-corrected chi connectivity index (χ3v) is 2.80. The van der Waals surface area contributed by atoms with E-state index in [-0.39, 0.29) is 0 Å². The molecule has 0 unspecified atom stereocenters. The Kier molecular flexibility index (Phi) is 7.26. The van der Waals surface area contributed by atoms with Gasteiger partial charge in [-0.05, 0) is 30.5 Å². The van der Waals surface area contributed by atoms with E-state index in [0.29, 0.717) is 6.61 Å². The Hall–Kier alpha value is -1.22. The van der Waals surface area contributed by atoms with Gasteiger partial charge in [-0.2, -0.15) is 0 Å². The van der Waals surface area contributed by atoms with Crippen molar-refractivity contribution in [1.29, 1.82) is 0 Å². The zero-order chi connectivity index (χ0) is 13.2. The van der Waals surface area contributed by atoms with Crippen LogP contribution < -0.4 is 9.47 Å². The summed E-state index contributed by atoms with van der Waals surface area (Å²) in [7, 11) is 3.37. The number of unbranched alkanes of at least 4 members (excludes halogenated alkanes) is 1. The fourth-order valence-corrected chi connectivity index (χ4v) is 1.76. The van der Waals surface area contributed by atoms with Gasteiger partial charge in [-0.3, -0.25) is 0 Å². The predicted molar refractivity (Wildman–Crippen MR) is 73.6 cm³/mol. The Morgan fingerprint density at radius 3 is 2.50 bits per heavy atom. The Labute approximate surface area is 110 Å². The second-order valence-electron chi connectivity index (χ2n) is 4.28. The molecule has 0 N–H and O–H groups in total. The summed E-state index contributed by atoms with van der Waals surface area (Å²) in [4.78, 5) is 0. The van der Waals surface area contributed by atoms with Gasteiger partial charge in [-0.1, -0.05) is 19.4 Å². The van der Waals surface area contributed by atoms with Gasteiger partial charge >= 0.3 is 0 Å². The summed E-state index contributed by atoms with van der Waals surface area (Å²) < 4.78 is 16.1. The van der Waals surface area contributed by atoms with E-state index in [1.54, 1.807) is 14.2 Å². The molecule has 1 aromatic carbocycles. The lowest BCUT2D eigenvalue weighted by molar-refractivity contribution is 0.170. The van der Waals surface area contributed by atoms with E-state index in [9.17, 15) is 0 Å². The van der Waals surface area contributed by atoms with Crippen molar-refractivity contribution in [2.45, 2.75) is 32.6 Å². The smallest absolute Gasteiger partial charge is 0.161 e. The molecule has 1 rings (SSSR count). The maximum atomic E-state index is 5.75. The Morgan fingerprint density at radius 2 is 1.83 bits per heavy atom. The molecule has 0 aromatic heterocycles. The fourth-order valence-electron chi connectivity index (χ4n) is 1.76. The lowest BCUT2D eigenvalue weighted by atomic mass is 10.1. The number of rotatable bonds is 9. The topological polar surface area (TPSA) is 27.7 Å². The molecule has 3 nitrogen and oxygen atoms in total. The van der Waals surface area contributed by atoms with Crippen LogP contribution in [0, 0.1) is 0 Å². The summed E-state index contributed by atoms with van der Waals surface area (Å²) in [5.74, 6) is 1.63. The SMILES string of the molecule is CCCCc1ccc(OC)c(OCCCOC)c1. The van der Waals surface area contributed by atoms with Crippen LogP contribution in [0.5, 0.6) is 11.5 Å². The monoisotopic (exact) mass is 252 g/mol. The minimum absolute atomic E-state index is 0.654. The lowest BCUT2D eigenvalue weighted by Crippen LogP contribution is -2.03. The minimum Gasteiger partial charge on any atom is -0.493 e. The van der Waals surface area contributed by atoms with Gasteiger partial charge in [0.1, 0.15) is 0 Å². The quantitative estimate of drug-likeness (QED) is 0.630. The molecule has 0 aliphatic carbocycles. The molecule has 0 spiro atoms. The van der Waals surface area contributed by atoms with Crippen LogP contribution in [-0.4, -0.2) is 27.4 Å². The normalized spacial score (nSPS) is 10.4. The highest BCUT2D eigenvalue weighted by Gasteiger charge is 2.05. The van der Waals surface area contributed by atoms with Crippen molar-refractivity contribution < 1.29 is 14.2 Å². The maximum Gasteiger partial charge on any atom is 0.161 e. The molecule has 0 heterocycles. The molecule has 0 saturated carbocycles. The Balaban J connectivity index is 2.60. The molecule has 3 heteroatoms. The van der Waals surface area contributed by atoms with Gasteiger partial charge in [0.15, 0.2) is 11.5 Å². The van der Waals surface area contributed by atoms with Gasteiger partial charge in [-0.15, -0.1) is 0 Å². The Bertz CT molecular complexity index is 337. The number of hydrogen-bond acceptors (Lipinski definition) is 3. The first-order chi connectivity index (χ1) is 8.81. The van der Waals surface area contributed by atoms with Crippen molar-refractivity contribution in [2.24, 2.45) is 0 Å². The number of aryl methyl sites for hydroxylation is 1. The standard InChI is InChI=1S/C15H24O3/c1-4-5-7-13-8-9-14(17-3)15(12-13)18-11-6-10-16-2/h8-9,12H,4-7,10-11H2,1-3H3. The summed E-state index contributed by atoms with van der Waals surface area (Å²) in [6.07, 6.45) is 4.39. The largest absolute Gasteiger partial charge is 0.493 e. The third kappa shape index (κ3) is 4.96. The van der Waals surface area contributed by atoms with E-state index >= 15 is 0 Å². The molecule has 102 valence electrons. The van der Waals surface area contributed by atoms with Crippen LogP contribution in [0.2, 0.25) is 0 Å². The molecule has 0 atom stereocenters. The van der Waals surface area contributed by atoms with Gasteiger partial charge in [0.05, 0.1) is 13.7 Å². The van der Waals surface area contributed by atoms with Crippen molar-refractivity contribution >= 4 is 0 Å². The molecule has 18 heavy (non-hydrogen) atoms. The molecular formula is C15H24O3. The van der Waals surface area contributed by atoms with Crippen LogP contribution in [0.4, 0.5) is 0 Å². The first kappa shape index (κ1) is 14.8. The van der Waals surface area contributed by atoms with E-state index in [1.165, 1.54) is 18.4 Å². The summed E-state index contributed by atoms with van der Waals surface area (Å²) in [5.41, 5.74) is 1.30. The van der Waals surface area contributed by atoms with E-state index in [4.69, 9.17) is 14.2 Å². The van der Waals surface area contributed by atoms with Gasteiger partial charge in [-0.25, -0.2) is 0 Å². The zero-order valence-corrected chi connectivity index (χ0v) is 11.7. The highest BCUT2D eigenvalue weighted by molar-refractivity contribution is 5.43. The van der Waals surface area contributed by atoms with Crippen LogP contribution in [0.25, 0.3) is 0 Å². The molecule has 0 fully saturated rings. The van der Waals surface area contributed by atoms with Gasteiger partial charge < -0.3 is 14.2 Å². The molecule has 0 radical (unpaired) electrons. The van der Waals surface area contributed by atoms with Crippen molar-refractivity contribution in [3.05, 3.63) is 23.8 Å². The number of methoxy groups -OCH3 is 2. The summed E-state index contributed by atoms with van der Waals surface area (Å²) in [5, 5.41) is 0. The molecule has 1 aromatic rings. The molecule has 0 amide bonds. The Morgan fingerprint density at radius 1 is 1.00 bits per heavy atom. The predicted octanol–water partition coefficient (Wildman–Crippen LogP) is 3.45. The third-order valence-electron chi connectivity index (χ3n) is 2.80. The lowest BCUT2D eigenvalue weighted by Gasteiger charge is -2.12. The van der Waals surface area contributed by atoms with Gasteiger partial charge in [0.2, 0.25) is 0 Å². The van der Waals surface area contributed by atoms with Crippen molar-refractivity contribution in [3.8, 4) is 11.5 Å². The maximum absolute atomic E-state index is 5.75. The van der Waals surface area contributed by atoms with Crippen LogP contribution in [0.1, 0.15) is 31.7 Å². The molecule has 0 aliphatic heterocycles. The van der Waals surface area contributed by atoms with E-state index in [1.807, 2.05) is 6.07 Å². The fraction of sp³-hybridized carbons (Fsp3) is 0.600. The van der Waals surface area contributed by atoms with E-state index in [2.05, 4.69) is 19.1 Å². The highest BCUT2D eigenvalue weighted by Crippen LogP contribution is 2.28. The minimum atomic E-state index is 0.654. The van der Waals surface area contributed by atoms with Gasteiger partial charge in [0, 0.05) is 20.1 Å². The van der Waals surface area contributed by atoms with Crippen LogP contribution in [0.15, 0.2) is 18.2 Å². The summed E-state index contributed by atoms with van der Waals surface area (Å²) in [6.45, 7) is 3.57. The second kappa shape index (κ2) is 8.81. The second-order valence-corrected chi connectivity index (χ2v) is 4.28. The summed E-state index contributed by atoms with van der Waals surface area (Å²) in [6, 6.07) is 6.18. The first-order valence-corrected chi connectivity index (χ1v) is 6.60. The number of ether oxygens (including phenoxy) is 3. The van der Waals surface area contributed by atoms with Crippen LogP contribution in [-0.2, 0) is 11.2 Å². The molecule has 0 saturated heterocycles. The van der Waals surface area contributed by atoms with Crippen molar-refractivity contribution in [3.63, 3.8) is 0 Å². The van der Waals surface area contributed by atoms with Gasteiger partial charge in [0.25, 0.3) is 0 Å². The molecular weight excluding hydrogens is 228 g/mol. The highest BCUT2D eigenvalue weighted by atomic mass is 16.5. The average molecular weight is 252 g/mol. The van der Waals surface area contributed by atoms with E-state index in [0.717, 1.165) is 30.9 Å². The van der Waals surface area contributed by atoms with Crippen molar-refractivity contribution in [1.82, 2.24) is 0 Å². The molecule has 0 bridgehead atoms. The van der Waals surface area contributed by atoms with Crippen LogP contribution >= 0.6 is 0 Å². The first-order valence-electron chi connectivity index (χ1n) is 6.60.